The van der Waals surface area contributed by atoms with Crippen LogP contribution in [0.25, 0.3) is 0 Å². The van der Waals surface area contributed by atoms with Gasteiger partial charge >= 0.3 is 0 Å². The standard InChI is InChI=1S/C14H19NO3/c1-18-13-4-2-3-11(9-13)5-6-14(17)15-8-7-12(16)10-15/h2-4,9,12,16H,5-8,10H2,1H3/t12-/m0/s1. The van der Waals surface area contributed by atoms with Crippen molar-refractivity contribution in [1.82, 2.24) is 4.90 Å². The zero-order valence-corrected chi connectivity index (χ0v) is 10.6. The van der Waals surface area contributed by atoms with Crippen LogP contribution in [-0.4, -0.2) is 42.2 Å². The lowest BCUT2D eigenvalue weighted by atomic mass is 10.1. The fourth-order valence-corrected chi connectivity index (χ4v) is 2.21. The molecule has 4 heteroatoms. The molecule has 98 valence electrons. The van der Waals surface area contributed by atoms with Crippen LogP contribution in [0.4, 0.5) is 0 Å². The van der Waals surface area contributed by atoms with Gasteiger partial charge in [-0.25, -0.2) is 0 Å². The first kappa shape index (κ1) is 12.9. The number of amides is 1. The second kappa shape index (κ2) is 5.87. The summed E-state index contributed by atoms with van der Waals surface area (Å²) in [7, 11) is 1.63. The highest BCUT2D eigenvalue weighted by molar-refractivity contribution is 5.76. The van der Waals surface area contributed by atoms with Crippen LogP contribution in [0.3, 0.4) is 0 Å². The fourth-order valence-electron chi connectivity index (χ4n) is 2.21. The number of aryl methyl sites for hydroxylation is 1. The van der Waals surface area contributed by atoms with Crippen molar-refractivity contribution in [2.45, 2.75) is 25.4 Å². The zero-order valence-electron chi connectivity index (χ0n) is 10.6. The normalized spacial score (nSPS) is 19.0. The number of ether oxygens (including phenoxy) is 1. The molecule has 1 atom stereocenters. The van der Waals surface area contributed by atoms with E-state index in [9.17, 15) is 9.90 Å². The Labute approximate surface area is 107 Å². The summed E-state index contributed by atoms with van der Waals surface area (Å²) in [5, 5.41) is 9.39. The summed E-state index contributed by atoms with van der Waals surface area (Å²) in [4.78, 5) is 13.6. The van der Waals surface area contributed by atoms with Crippen molar-refractivity contribution < 1.29 is 14.6 Å². The van der Waals surface area contributed by atoms with Gasteiger partial charge < -0.3 is 14.7 Å². The van der Waals surface area contributed by atoms with E-state index in [1.807, 2.05) is 24.3 Å². The Kier molecular flexibility index (Phi) is 4.20. The van der Waals surface area contributed by atoms with Gasteiger partial charge in [-0.05, 0) is 30.5 Å². The molecular formula is C14H19NO3. The number of rotatable bonds is 4. The van der Waals surface area contributed by atoms with Crippen LogP contribution in [0.1, 0.15) is 18.4 Å². The SMILES string of the molecule is COc1cccc(CCC(=O)N2CC[C@H](O)C2)c1. The number of β-amino-alcohol motifs (C(OH)–C–C–N with tert-alkyl or cyclic N) is 1. The third kappa shape index (κ3) is 3.23. The molecule has 0 unspecified atom stereocenters. The van der Waals surface area contributed by atoms with E-state index in [0.29, 0.717) is 32.4 Å². The third-order valence-electron chi connectivity index (χ3n) is 3.28. The predicted octanol–water partition coefficient (Wildman–Crippen LogP) is 1.22. The lowest BCUT2D eigenvalue weighted by Crippen LogP contribution is -2.29. The van der Waals surface area contributed by atoms with Crippen LogP contribution in [0, 0.1) is 0 Å². The van der Waals surface area contributed by atoms with Crippen molar-refractivity contribution in [3.05, 3.63) is 29.8 Å². The summed E-state index contributed by atoms with van der Waals surface area (Å²) in [5.74, 6) is 0.936. The van der Waals surface area contributed by atoms with E-state index in [0.717, 1.165) is 11.3 Å². The molecule has 0 spiro atoms. The molecule has 0 aliphatic carbocycles. The first-order valence-corrected chi connectivity index (χ1v) is 6.28. The Hall–Kier alpha value is -1.55. The van der Waals surface area contributed by atoms with Gasteiger partial charge in [0.05, 0.1) is 13.2 Å². The molecular weight excluding hydrogens is 230 g/mol. The first-order chi connectivity index (χ1) is 8.69. The number of likely N-dealkylation sites (tertiary alicyclic amines) is 1. The van der Waals surface area contributed by atoms with Gasteiger partial charge in [-0.2, -0.15) is 0 Å². The highest BCUT2D eigenvalue weighted by Crippen LogP contribution is 2.15. The number of carbonyl (C=O) groups is 1. The van der Waals surface area contributed by atoms with E-state index in [1.54, 1.807) is 12.0 Å². The first-order valence-electron chi connectivity index (χ1n) is 6.28. The summed E-state index contributed by atoms with van der Waals surface area (Å²) in [6, 6.07) is 7.77. The Morgan fingerprint density at radius 2 is 2.39 bits per heavy atom. The molecule has 0 saturated carbocycles. The average Bonchev–Trinajstić information content (AvgIpc) is 2.83. The zero-order chi connectivity index (χ0) is 13.0. The number of aliphatic hydroxyl groups excluding tert-OH is 1. The van der Waals surface area contributed by atoms with Gasteiger partial charge in [0.15, 0.2) is 0 Å². The highest BCUT2D eigenvalue weighted by Gasteiger charge is 2.23. The Morgan fingerprint density at radius 1 is 1.56 bits per heavy atom. The maximum Gasteiger partial charge on any atom is 0.222 e. The summed E-state index contributed by atoms with van der Waals surface area (Å²) in [6.07, 6.45) is 1.55. The fraction of sp³-hybridized carbons (Fsp3) is 0.500. The van der Waals surface area contributed by atoms with E-state index in [4.69, 9.17) is 4.74 Å². The molecule has 18 heavy (non-hydrogen) atoms. The molecule has 1 amide bonds. The van der Waals surface area contributed by atoms with Gasteiger partial charge in [-0.1, -0.05) is 12.1 Å². The molecule has 1 fully saturated rings. The van der Waals surface area contributed by atoms with Crippen LogP contribution in [0.2, 0.25) is 0 Å². The van der Waals surface area contributed by atoms with Crippen molar-refractivity contribution >= 4 is 5.91 Å². The van der Waals surface area contributed by atoms with Gasteiger partial charge in [0.25, 0.3) is 0 Å². The molecule has 0 aromatic heterocycles. The number of aliphatic hydroxyl groups is 1. The van der Waals surface area contributed by atoms with Crippen LogP contribution >= 0.6 is 0 Å². The molecule has 4 nitrogen and oxygen atoms in total. The molecule has 1 aromatic rings. The van der Waals surface area contributed by atoms with Crippen LogP contribution in [0.15, 0.2) is 24.3 Å². The molecule has 1 aromatic carbocycles. The number of nitrogens with zero attached hydrogens (tertiary/aromatic N) is 1. The molecule has 0 radical (unpaired) electrons. The van der Waals surface area contributed by atoms with Crippen molar-refractivity contribution in [3.63, 3.8) is 0 Å². The van der Waals surface area contributed by atoms with E-state index in [1.165, 1.54) is 0 Å². The largest absolute Gasteiger partial charge is 0.497 e. The number of hydrogen-bond acceptors (Lipinski definition) is 3. The van der Waals surface area contributed by atoms with E-state index >= 15 is 0 Å². The molecule has 1 N–H and O–H groups in total. The maximum absolute atomic E-state index is 11.9. The van der Waals surface area contributed by atoms with E-state index < -0.39 is 0 Å². The second-order valence-corrected chi connectivity index (χ2v) is 4.63. The number of carbonyl (C=O) groups excluding carboxylic acids is 1. The van der Waals surface area contributed by atoms with Crippen molar-refractivity contribution in [2.75, 3.05) is 20.2 Å². The van der Waals surface area contributed by atoms with Gasteiger partial charge in [-0.3, -0.25) is 4.79 Å². The molecule has 1 saturated heterocycles. The lowest BCUT2D eigenvalue weighted by Gasteiger charge is -2.15. The van der Waals surface area contributed by atoms with Crippen LogP contribution < -0.4 is 4.74 Å². The Balaban J connectivity index is 1.85. The molecule has 1 aliphatic rings. The quantitative estimate of drug-likeness (QED) is 0.873. The van der Waals surface area contributed by atoms with E-state index in [-0.39, 0.29) is 12.0 Å². The van der Waals surface area contributed by atoms with Crippen molar-refractivity contribution in [3.8, 4) is 5.75 Å². The third-order valence-corrected chi connectivity index (χ3v) is 3.28. The highest BCUT2D eigenvalue weighted by atomic mass is 16.5. The van der Waals surface area contributed by atoms with E-state index in [2.05, 4.69) is 0 Å². The topological polar surface area (TPSA) is 49.8 Å². The molecule has 2 rings (SSSR count). The summed E-state index contributed by atoms with van der Waals surface area (Å²) in [6.45, 7) is 1.16. The maximum atomic E-state index is 11.9. The van der Waals surface area contributed by atoms with Gasteiger partial charge in [0.1, 0.15) is 5.75 Å². The average molecular weight is 249 g/mol. The lowest BCUT2D eigenvalue weighted by molar-refractivity contribution is -0.130. The minimum absolute atomic E-state index is 0.120. The summed E-state index contributed by atoms with van der Waals surface area (Å²) >= 11 is 0. The monoisotopic (exact) mass is 249 g/mol. The molecule has 0 bridgehead atoms. The summed E-state index contributed by atoms with van der Waals surface area (Å²) in [5.41, 5.74) is 1.10. The van der Waals surface area contributed by atoms with Crippen molar-refractivity contribution in [1.29, 1.82) is 0 Å². The minimum atomic E-state index is -0.342. The second-order valence-electron chi connectivity index (χ2n) is 4.63. The Morgan fingerprint density at radius 3 is 3.06 bits per heavy atom. The Bertz CT molecular complexity index is 419. The molecule has 1 heterocycles. The molecule has 1 aliphatic heterocycles. The number of methoxy groups -OCH3 is 1. The van der Waals surface area contributed by atoms with Gasteiger partial charge in [0, 0.05) is 19.5 Å². The minimum Gasteiger partial charge on any atom is -0.497 e. The predicted molar refractivity (Wildman–Crippen MR) is 68.5 cm³/mol. The van der Waals surface area contributed by atoms with Gasteiger partial charge in [0.2, 0.25) is 5.91 Å². The van der Waals surface area contributed by atoms with Gasteiger partial charge in [-0.15, -0.1) is 0 Å². The summed E-state index contributed by atoms with van der Waals surface area (Å²) < 4.78 is 5.15. The van der Waals surface area contributed by atoms with Crippen LogP contribution in [0.5, 0.6) is 5.75 Å². The van der Waals surface area contributed by atoms with Crippen LogP contribution in [-0.2, 0) is 11.2 Å². The number of benzene rings is 1. The smallest absolute Gasteiger partial charge is 0.222 e. The number of hydrogen-bond donors (Lipinski definition) is 1. The van der Waals surface area contributed by atoms with Crippen molar-refractivity contribution in [2.24, 2.45) is 0 Å².